The first-order chi connectivity index (χ1) is 14.2. The van der Waals surface area contributed by atoms with E-state index in [0.717, 1.165) is 12.1 Å². The third-order valence-electron chi connectivity index (χ3n) is 7.87. The molecular formula is C22H36O7Si2. The Morgan fingerprint density at radius 1 is 1.13 bits per heavy atom. The summed E-state index contributed by atoms with van der Waals surface area (Å²) in [7, 11) is -3.79. The van der Waals surface area contributed by atoms with Gasteiger partial charge in [-0.15, -0.1) is 0 Å². The van der Waals surface area contributed by atoms with Gasteiger partial charge in [-0.3, -0.25) is 14.4 Å². The average molecular weight is 469 g/mol. The first kappa shape index (κ1) is 23.0. The highest BCUT2D eigenvalue weighted by Gasteiger charge is 2.75. The van der Waals surface area contributed by atoms with Gasteiger partial charge in [-0.2, -0.15) is 0 Å². The molecule has 0 aromatic carbocycles. The standard InChI is InChI=1S/C22H36O7Si2/c1-8-21(2,3)18(23)27-16-13-9-15-17(16)28-20(25)22(15,10-13)19(24)26-14-11-30(4,5)29-31(6,7)12-14/h13-17H,8-12H2,1-7H3. The molecular weight excluding hydrogens is 432 g/mol. The number of ether oxygens (including phenoxy) is 3. The molecule has 0 amide bonds. The fourth-order valence-corrected chi connectivity index (χ4v) is 15.8. The van der Waals surface area contributed by atoms with Crippen molar-refractivity contribution in [3.05, 3.63) is 0 Å². The van der Waals surface area contributed by atoms with Gasteiger partial charge in [0, 0.05) is 23.9 Å². The Bertz CT molecular complexity index is 792. The van der Waals surface area contributed by atoms with E-state index in [1.165, 1.54) is 0 Å². The smallest absolute Gasteiger partial charge is 0.324 e. The van der Waals surface area contributed by atoms with Gasteiger partial charge in [-0.1, -0.05) is 6.92 Å². The summed E-state index contributed by atoms with van der Waals surface area (Å²) in [4.78, 5) is 39.0. The second-order valence-electron chi connectivity index (χ2n) is 11.8. The van der Waals surface area contributed by atoms with Gasteiger partial charge in [-0.05, 0) is 59.3 Å². The number of rotatable bonds is 5. The third-order valence-corrected chi connectivity index (χ3v) is 15.2. The van der Waals surface area contributed by atoms with E-state index in [4.69, 9.17) is 18.3 Å². The van der Waals surface area contributed by atoms with Crippen LogP contribution >= 0.6 is 0 Å². The Morgan fingerprint density at radius 2 is 1.74 bits per heavy atom. The van der Waals surface area contributed by atoms with Gasteiger partial charge < -0.3 is 18.3 Å². The second kappa shape index (κ2) is 7.15. The summed E-state index contributed by atoms with van der Waals surface area (Å²) in [5.41, 5.74) is -1.81. The maximum absolute atomic E-state index is 13.4. The summed E-state index contributed by atoms with van der Waals surface area (Å²) in [6.45, 7) is 14.3. The van der Waals surface area contributed by atoms with Gasteiger partial charge in [0.25, 0.3) is 0 Å². The third kappa shape index (κ3) is 3.70. The van der Waals surface area contributed by atoms with Crippen molar-refractivity contribution < 1.29 is 32.7 Å². The normalized spacial score (nSPS) is 38.1. The predicted octanol–water partition coefficient (Wildman–Crippen LogP) is 3.64. The fourth-order valence-electron chi connectivity index (χ4n) is 6.20. The SMILES string of the molecule is CCC(C)(C)C(=O)OC1C2CC3C1OC(=O)C3(C(=O)OC1C[Si](C)(C)O[Si](C)(C)C1)C2. The quantitative estimate of drug-likeness (QED) is 0.263. The summed E-state index contributed by atoms with van der Waals surface area (Å²) in [6, 6.07) is 1.51. The minimum atomic E-state index is -1.89. The Balaban J connectivity index is 1.49. The predicted molar refractivity (Wildman–Crippen MR) is 118 cm³/mol. The maximum atomic E-state index is 13.4. The molecule has 2 bridgehead atoms. The number of hydrogen-bond donors (Lipinski definition) is 0. The van der Waals surface area contributed by atoms with Crippen molar-refractivity contribution in [2.24, 2.45) is 22.7 Å². The highest BCUT2D eigenvalue weighted by Crippen LogP contribution is 2.63. The van der Waals surface area contributed by atoms with Crippen molar-refractivity contribution >= 4 is 34.5 Å². The summed E-state index contributed by atoms with van der Waals surface area (Å²) in [5.74, 6) is -1.52. The lowest BCUT2D eigenvalue weighted by molar-refractivity contribution is -0.170. The Labute approximate surface area is 186 Å². The van der Waals surface area contributed by atoms with E-state index < -0.39 is 51.6 Å². The summed E-state index contributed by atoms with van der Waals surface area (Å²) in [5, 5.41) is 0. The molecule has 31 heavy (non-hydrogen) atoms. The molecule has 0 radical (unpaired) electrons. The molecule has 4 rings (SSSR count). The first-order valence-electron chi connectivity index (χ1n) is 11.5. The van der Waals surface area contributed by atoms with Crippen LogP contribution in [0.3, 0.4) is 0 Å². The van der Waals surface area contributed by atoms with Gasteiger partial charge in [0.2, 0.25) is 0 Å². The Hall–Kier alpha value is -1.20. The van der Waals surface area contributed by atoms with Crippen molar-refractivity contribution in [2.75, 3.05) is 0 Å². The molecule has 0 aromatic heterocycles. The largest absolute Gasteiger partial charge is 0.462 e. The molecule has 0 N–H and O–H groups in total. The van der Waals surface area contributed by atoms with Crippen molar-refractivity contribution in [1.82, 2.24) is 0 Å². The number of carbonyl (C=O) groups is 3. The Morgan fingerprint density at radius 3 is 2.32 bits per heavy atom. The summed E-state index contributed by atoms with van der Waals surface area (Å²) in [6.07, 6.45) is 0.477. The molecule has 2 saturated heterocycles. The molecule has 2 saturated carbocycles. The van der Waals surface area contributed by atoms with Crippen LogP contribution in [0, 0.1) is 22.7 Å². The lowest BCUT2D eigenvalue weighted by Gasteiger charge is -2.43. The molecule has 7 nitrogen and oxygen atoms in total. The summed E-state index contributed by atoms with van der Waals surface area (Å²) >= 11 is 0. The highest BCUT2D eigenvalue weighted by atomic mass is 28.4. The molecule has 2 aliphatic heterocycles. The molecule has 5 unspecified atom stereocenters. The summed E-state index contributed by atoms with van der Waals surface area (Å²) < 4.78 is 23.9. The second-order valence-corrected chi connectivity index (χ2v) is 20.5. The van der Waals surface area contributed by atoms with Crippen LogP contribution in [0.15, 0.2) is 0 Å². The van der Waals surface area contributed by atoms with Crippen LogP contribution in [0.4, 0.5) is 0 Å². The molecule has 0 spiro atoms. The van der Waals surface area contributed by atoms with E-state index >= 15 is 0 Å². The van der Waals surface area contributed by atoms with Gasteiger partial charge >= 0.3 is 17.9 Å². The van der Waals surface area contributed by atoms with Crippen molar-refractivity contribution in [1.29, 1.82) is 0 Å². The van der Waals surface area contributed by atoms with Gasteiger partial charge in [0.05, 0.1) is 5.41 Å². The van der Waals surface area contributed by atoms with E-state index in [0.29, 0.717) is 19.3 Å². The van der Waals surface area contributed by atoms with E-state index in [9.17, 15) is 14.4 Å². The van der Waals surface area contributed by atoms with Crippen molar-refractivity contribution in [3.63, 3.8) is 0 Å². The lowest BCUT2D eigenvalue weighted by atomic mass is 9.73. The van der Waals surface area contributed by atoms with E-state index in [1.807, 2.05) is 20.8 Å². The van der Waals surface area contributed by atoms with Crippen molar-refractivity contribution in [2.45, 2.75) is 96.6 Å². The van der Waals surface area contributed by atoms with E-state index in [-0.39, 0.29) is 23.9 Å². The van der Waals surface area contributed by atoms with Crippen LogP contribution in [-0.4, -0.2) is 52.9 Å². The zero-order valence-electron chi connectivity index (χ0n) is 19.8. The lowest BCUT2D eigenvalue weighted by Crippen LogP contribution is -2.55. The zero-order chi connectivity index (χ0) is 23.0. The van der Waals surface area contributed by atoms with Crippen LogP contribution in [0.25, 0.3) is 0 Å². The molecule has 0 aromatic rings. The molecule has 174 valence electrons. The van der Waals surface area contributed by atoms with Crippen LogP contribution < -0.4 is 0 Å². The van der Waals surface area contributed by atoms with Crippen LogP contribution in [0.2, 0.25) is 38.3 Å². The fraction of sp³-hybridized carbons (Fsp3) is 0.864. The first-order valence-corrected chi connectivity index (χ1v) is 17.8. The maximum Gasteiger partial charge on any atom is 0.324 e. The number of fused-ring (bicyclic) bond motifs is 1. The number of esters is 3. The number of hydrogen-bond acceptors (Lipinski definition) is 7. The zero-order valence-corrected chi connectivity index (χ0v) is 21.8. The average Bonchev–Trinajstić information content (AvgIpc) is 3.21. The van der Waals surface area contributed by atoms with Crippen LogP contribution in [-0.2, 0) is 32.7 Å². The van der Waals surface area contributed by atoms with E-state index in [2.05, 4.69) is 26.2 Å². The monoisotopic (exact) mass is 468 g/mol. The molecule has 2 aliphatic carbocycles. The molecule has 9 heteroatoms. The molecule has 4 fully saturated rings. The topological polar surface area (TPSA) is 88.1 Å². The Kier molecular flexibility index (Phi) is 5.30. The molecule has 2 heterocycles. The minimum absolute atomic E-state index is 0.0445. The van der Waals surface area contributed by atoms with Gasteiger partial charge in [0.1, 0.15) is 18.3 Å². The van der Waals surface area contributed by atoms with Crippen LogP contribution in [0.5, 0.6) is 0 Å². The molecule has 5 atom stereocenters. The van der Waals surface area contributed by atoms with Crippen molar-refractivity contribution in [3.8, 4) is 0 Å². The number of carbonyl (C=O) groups excluding carboxylic acids is 3. The van der Waals surface area contributed by atoms with Gasteiger partial charge in [-0.25, -0.2) is 0 Å². The minimum Gasteiger partial charge on any atom is -0.462 e. The van der Waals surface area contributed by atoms with Gasteiger partial charge in [0.15, 0.2) is 22.0 Å². The highest BCUT2D eigenvalue weighted by molar-refractivity contribution is 6.86. The van der Waals surface area contributed by atoms with Crippen LogP contribution in [0.1, 0.15) is 40.0 Å². The molecule has 4 aliphatic rings. The van der Waals surface area contributed by atoms with E-state index in [1.54, 1.807) is 0 Å².